The minimum atomic E-state index is -0.0657. The number of hydrogen-bond acceptors (Lipinski definition) is 5. The topological polar surface area (TPSA) is 71.5 Å². The third-order valence-corrected chi connectivity index (χ3v) is 2.53. The van der Waals surface area contributed by atoms with Crippen molar-refractivity contribution in [2.24, 2.45) is 0 Å². The molecular formula is C8H8N4OS. The van der Waals surface area contributed by atoms with Gasteiger partial charge in [-0.3, -0.25) is 4.79 Å². The summed E-state index contributed by atoms with van der Waals surface area (Å²) >= 11 is 1.54. The molecule has 6 heteroatoms. The van der Waals surface area contributed by atoms with Crippen molar-refractivity contribution in [1.29, 1.82) is 0 Å². The van der Waals surface area contributed by atoms with Gasteiger partial charge in [-0.05, 0) is 6.92 Å². The minimum absolute atomic E-state index is 0.0657. The highest BCUT2D eigenvalue weighted by Crippen LogP contribution is 2.10. The summed E-state index contributed by atoms with van der Waals surface area (Å²) in [5.41, 5.74) is 1.15. The lowest BCUT2D eigenvalue weighted by atomic mass is 10.2. The maximum absolute atomic E-state index is 11.5. The van der Waals surface area contributed by atoms with Gasteiger partial charge in [-0.1, -0.05) is 0 Å². The molecule has 72 valence electrons. The Balaban J connectivity index is 2.09. The Morgan fingerprint density at radius 1 is 1.64 bits per heavy atom. The smallest absolute Gasteiger partial charge is 0.190 e. The van der Waals surface area contributed by atoms with Crippen molar-refractivity contribution in [2.45, 2.75) is 13.3 Å². The Kier molecular flexibility index (Phi) is 2.36. The fourth-order valence-corrected chi connectivity index (χ4v) is 1.69. The van der Waals surface area contributed by atoms with Crippen LogP contribution in [0.5, 0.6) is 0 Å². The molecular weight excluding hydrogens is 200 g/mol. The fourth-order valence-electron chi connectivity index (χ4n) is 1.08. The second-order valence-electron chi connectivity index (χ2n) is 2.81. The predicted molar refractivity (Wildman–Crippen MR) is 51.3 cm³/mol. The van der Waals surface area contributed by atoms with Crippen molar-refractivity contribution in [3.63, 3.8) is 0 Å². The molecule has 0 bridgehead atoms. The molecule has 0 aliphatic carbocycles. The van der Waals surface area contributed by atoms with Gasteiger partial charge in [0.2, 0.25) is 0 Å². The summed E-state index contributed by atoms with van der Waals surface area (Å²) < 4.78 is 0. The quantitative estimate of drug-likeness (QED) is 0.764. The summed E-state index contributed by atoms with van der Waals surface area (Å²) in [4.78, 5) is 15.7. The molecule has 5 nitrogen and oxygen atoms in total. The molecule has 0 radical (unpaired) electrons. The Morgan fingerprint density at radius 3 is 3.07 bits per heavy atom. The molecule has 2 aromatic rings. The normalized spacial score (nSPS) is 10.4. The molecule has 0 unspecified atom stereocenters. The number of carbonyl (C=O) groups excluding carboxylic acids is 1. The van der Waals surface area contributed by atoms with Crippen LogP contribution >= 0.6 is 11.3 Å². The first kappa shape index (κ1) is 9.01. The molecule has 0 aliphatic rings. The third kappa shape index (κ3) is 1.85. The van der Waals surface area contributed by atoms with Gasteiger partial charge in [-0.25, -0.2) is 4.98 Å². The zero-order valence-corrected chi connectivity index (χ0v) is 8.34. The first-order valence-corrected chi connectivity index (χ1v) is 4.93. The van der Waals surface area contributed by atoms with Crippen LogP contribution in [0, 0.1) is 6.92 Å². The highest BCUT2D eigenvalue weighted by atomic mass is 32.1. The molecule has 0 aromatic carbocycles. The molecule has 0 atom stereocenters. The zero-order chi connectivity index (χ0) is 9.97. The standard InChI is InChI=1S/C8H8N4OS/c1-5-10-6(4-14-5)2-8(13)7-3-9-12-11-7/h3-4H,2H2,1H3,(H,9,11,12). The molecule has 0 saturated carbocycles. The number of nitrogens with zero attached hydrogens (tertiary/aromatic N) is 3. The predicted octanol–water partition coefficient (Wildman–Crippen LogP) is 0.995. The van der Waals surface area contributed by atoms with Gasteiger partial charge in [-0.2, -0.15) is 15.4 Å². The number of carbonyl (C=O) groups is 1. The van der Waals surface area contributed by atoms with Crippen molar-refractivity contribution in [2.75, 3.05) is 0 Å². The summed E-state index contributed by atoms with van der Waals surface area (Å²) in [6.07, 6.45) is 1.71. The molecule has 0 spiro atoms. The van der Waals surface area contributed by atoms with Crippen LogP contribution < -0.4 is 0 Å². The van der Waals surface area contributed by atoms with E-state index in [1.165, 1.54) is 17.5 Å². The summed E-state index contributed by atoms with van der Waals surface area (Å²) in [7, 11) is 0. The number of thiazole rings is 1. The molecule has 14 heavy (non-hydrogen) atoms. The largest absolute Gasteiger partial charge is 0.292 e. The fraction of sp³-hybridized carbons (Fsp3) is 0.250. The Hall–Kier alpha value is -1.56. The highest BCUT2D eigenvalue weighted by Gasteiger charge is 2.11. The van der Waals surface area contributed by atoms with Crippen LogP contribution in [-0.2, 0) is 6.42 Å². The van der Waals surface area contributed by atoms with Crippen LogP contribution in [0.4, 0.5) is 0 Å². The highest BCUT2D eigenvalue weighted by molar-refractivity contribution is 7.09. The average molecular weight is 208 g/mol. The molecule has 2 rings (SSSR count). The van der Waals surface area contributed by atoms with Gasteiger partial charge in [0.15, 0.2) is 5.78 Å². The average Bonchev–Trinajstić information content (AvgIpc) is 2.75. The lowest BCUT2D eigenvalue weighted by Gasteiger charge is -1.91. The molecule has 0 saturated heterocycles. The number of aromatic nitrogens is 4. The Morgan fingerprint density at radius 2 is 2.50 bits per heavy atom. The van der Waals surface area contributed by atoms with Gasteiger partial charge < -0.3 is 0 Å². The summed E-state index contributed by atoms with van der Waals surface area (Å²) in [6, 6.07) is 0. The van der Waals surface area contributed by atoms with Crippen LogP contribution in [-0.4, -0.2) is 26.2 Å². The van der Waals surface area contributed by atoms with Gasteiger partial charge in [0.1, 0.15) is 5.69 Å². The maximum atomic E-state index is 11.5. The van der Waals surface area contributed by atoms with E-state index in [4.69, 9.17) is 0 Å². The van der Waals surface area contributed by atoms with E-state index in [9.17, 15) is 4.79 Å². The number of rotatable bonds is 3. The number of aromatic amines is 1. The van der Waals surface area contributed by atoms with Crippen LogP contribution in [0.25, 0.3) is 0 Å². The number of Topliss-reactive ketones (excluding diaryl/α,β-unsaturated/α-hetero) is 1. The van der Waals surface area contributed by atoms with Crippen LogP contribution in [0.15, 0.2) is 11.6 Å². The third-order valence-electron chi connectivity index (χ3n) is 1.71. The molecule has 0 aliphatic heterocycles. The molecule has 2 heterocycles. The van der Waals surface area contributed by atoms with Crippen molar-refractivity contribution < 1.29 is 4.79 Å². The van der Waals surface area contributed by atoms with Gasteiger partial charge in [0.05, 0.1) is 23.3 Å². The second-order valence-corrected chi connectivity index (χ2v) is 3.88. The van der Waals surface area contributed by atoms with E-state index < -0.39 is 0 Å². The first-order chi connectivity index (χ1) is 6.75. The summed E-state index contributed by atoms with van der Waals surface area (Å²) in [5.74, 6) is -0.0657. The van der Waals surface area contributed by atoms with Crippen LogP contribution in [0.1, 0.15) is 21.2 Å². The maximum Gasteiger partial charge on any atom is 0.190 e. The van der Waals surface area contributed by atoms with Gasteiger partial charge >= 0.3 is 0 Å². The van der Waals surface area contributed by atoms with Gasteiger partial charge in [0.25, 0.3) is 0 Å². The van der Waals surface area contributed by atoms with Crippen molar-refractivity contribution >= 4 is 17.1 Å². The minimum Gasteiger partial charge on any atom is -0.292 e. The number of nitrogens with one attached hydrogen (secondary N) is 1. The van der Waals surface area contributed by atoms with E-state index >= 15 is 0 Å². The molecule has 1 N–H and O–H groups in total. The van der Waals surface area contributed by atoms with Crippen molar-refractivity contribution in [3.05, 3.63) is 28.0 Å². The Bertz CT molecular complexity index is 434. The van der Waals surface area contributed by atoms with E-state index in [0.717, 1.165) is 10.7 Å². The summed E-state index contributed by atoms with van der Waals surface area (Å²) in [5, 5.41) is 12.5. The number of aryl methyl sites for hydroxylation is 1. The van der Waals surface area contributed by atoms with E-state index in [-0.39, 0.29) is 12.2 Å². The zero-order valence-electron chi connectivity index (χ0n) is 7.52. The molecule has 0 fully saturated rings. The SMILES string of the molecule is Cc1nc(CC(=O)c2cn[nH]n2)cs1. The number of H-pyrrole nitrogens is 1. The van der Waals surface area contributed by atoms with E-state index in [1.807, 2.05) is 12.3 Å². The first-order valence-electron chi connectivity index (χ1n) is 4.05. The van der Waals surface area contributed by atoms with Gasteiger partial charge in [0, 0.05) is 5.38 Å². The lowest BCUT2D eigenvalue weighted by Crippen LogP contribution is -2.04. The van der Waals surface area contributed by atoms with Gasteiger partial charge in [-0.15, -0.1) is 11.3 Å². The number of hydrogen-bond donors (Lipinski definition) is 1. The monoisotopic (exact) mass is 208 g/mol. The Labute approximate surface area is 84.2 Å². The van der Waals surface area contributed by atoms with E-state index in [1.54, 1.807) is 0 Å². The molecule has 0 amide bonds. The second kappa shape index (κ2) is 3.67. The van der Waals surface area contributed by atoms with E-state index in [2.05, 4.69) is 20.4 Å². The van der Waals surface area contributed by atoms with E-state index in [0.29, 0.717) is 5.69 Å². The van der Waals surface area contributed by atoms with Crippen LogP contribution in [0.2, 0.25) is 0 Å². The lowest BCUT2D eigenvalue weighted by molar-refractivity contribution is 0.0987. The molecule has 2 aromatic heterocycles. The van der Waals surface area contributed by atoms with Crippen molar-refractivity contribution in [3.8, 4) is 0 Å². The number of ketones is 1. The van der Waals surface area contributed by atoms with Crippen LogP contribution in [0.3, 0.4) is 0 Å². The van der Waals surface area contributed by atoms with Crippen molar-refractivity contribution in [1.82, 2.24) is 20.4 Å². The summed E-state index contributed by atoms with van der Waals surface area (Å²) in [6.45, 7) is 1.91.